The van der Waals surface area contributed by atoms with Gasteiger partial charge in [0.15, 0.2) is 5.69 Å². The van der Waals surface area contributed by atoms with Gasteiger partial charge in [0.1, 0.15) is 4.47 Å². The second kappa shape index (κ2) is 5.75. The molecule has 0 atom stereocenters. The van der Waals surface area contributed by atoms with Gasteiger partial charge in [-0.3, -0.25) is 5.10 Å². The molecule has 1 aromatic heterocycles. The Kier molecular flexibility index (Phi) is 4.61. The third-order valence-corrected chi connectivity index (χ3v) is 2.33. The largest absolute Gasteiger partial charge is 0.476 e. The van der Waals surface area contributed by atoms with Gasteiger partial charge in [0.25, 0.3) is 0 Å². The van der Waals surface area contributed by atoms with Crippen molar-refractivity contribution in [1.29, 1.82) is 0 Å². The molecule has 0 saturated heterocycles. The minimum atomic E-state index is -0.441. The SMILES string of the molecule is CCCOc1n[nH]c(C(=O)OCC)c1Br. The fourth-order valence-corrected chi connectivity index (χ4v) is 1.40. The lowest BCUT2D eigenvalue weighted by atomic mass is 10.4. The van der Waals surface area contributed by atoms with Crippen LogP contribution in [0.2, 0.25) is 0 Å². The van der Waals surface area contributed by atoms with E-state index in [1.807, 2.05) is 6.92 Å². The van der Waals surface area contributed by atoms with E-state index in [-0.39, 0.29) is 5.69 Å². The monoisotopic (exact) mass is 276 g/mol. The topological polar surface area (TPSA) is 64.2 Å². The summed E-state index contributed by atoms with van der Waals surface area (Å²) in [6, 6.07) is 0. The number of nitrogens with one attached hydrogen (secondary N) is 1. The second-order valence-electron chi connectivity index (χ2n) is 2.79. The first-order chi connectivity index (χ1) is 7.20. The normalized spacial score (nSPS) is 10.1. The lowest BCUT2D eigenvalue weighted by molar-refractivity contribution is 0.0518. The van der Waals surface area contributed by atoms with E-state index in [1.165, 1.54) is 0 Å². The number of carbonyl (C=O) groups is 1. The highest BCUT2D eigenvalue weighted by molar-refractivity contribution is 9.10. The second-order valence-corrected chi connectivity index (χ2v) is 3.58. The van der Waals surface area contributed by atoms with Crippen LogP contribution in [-0.4, -0.2) is 29.4 Å². The highest BCUT2D eigenvalue weighted by atomic mass is 79.9. The summed E-state index contributed by atoms with van der Waals surface area (Å²) in [7, 11) is 0. The Morgan fingerprint density at radius 1 is 1.53 bits per heavy atom. The standard InChI is InChI=1S/C9H13BrN2O3/c1-3-5-15-8-6(10)7(11-12-8)9(13)14-4-2/h3-5H2,1-2H3,(H,11,12). The molecule has 84 valence electrons. The predicted octanol–water partition coefficient (Wildman–Crippen LogP) is 2.14. The van der Waals surface area contributed by atoms with Crippen molar-refractivity contribution < 1.29 is 14.3 Å². The van der Waals surface area contributed by atoms with Crippen molar-refractivity contribution in [3.8, 4) is 5.88 Å². The molecule has 6 heteroatoms. The number of nitrogens with zero attached hydrogens (tertiary/aromatic N) is 1. The quantitative estimate of drug-likeness (QED) is 0.837. The minimum Gasteiger partial charge on any atom is -0.476 e. The van der Waals surface area contributed by atoms with Crippen molar-refractivity contribution in [2.75, 3.05) is 13.2 Å². The number of halogens is 1. The Labute approximate surface area is 96.3 Å². The molecule has 0 aliphatic carbocycles. The maximum Gasteiger partial charge on any atom is 0.357 e. The van der Waals surface area contributed by atoms with Crippen LogP contribution in [0.3, 0.4) is 0 Å². The summed E-state index contributed by atoms with van der Waals surface area (Å²) in [4.78, 5) is 11.4. The number of rotatable bonds is 5. The van der Waals surface area contributed by atoms with Crippen LogP contribution in [0.1, 0.15) is 30.8 Å². The summed E-state index contributed by atoms with van der Waals surface area (Å²) in [5, 5.41) is 6.43. The smallest absolute Gasteiger partial charge is 0.357 e. The number of hydrogen-bond acceptors (Lipinski definition) is 4. The van der Waals surface area contributed by atoms with Crippen LogP contribution < -0.4 is 4.74 Å². The van der Waals surface area contributed by atoms with Crippen LogP contribution in [0.4, 0.5) is 0 Å². The van der Waals surface area contributed by atoms with Crippen LogP contribution in [0.25, 0.3) is 0 Å². The van der Waals surface area contributed by atoms with E-state index in [0.717, 1.165) is 6.42 Å². The molecular weight excluding hydrogens is 264 g/mol. The van der Waals surface area contributed by atoms with Gasteiger partial charge in [-0.2, -0.15) is 0 Å². The number of H-pyrrole nitrogens is 1. The molecule has 0 bridgehead atoms. The summed E-state index contributed by atoms with van der Waals surface area (Å²) in [5.74, 6) is -0.0527. The summed E-state index contributed by atoms with van der Waals surface area (Å²) < 4.78 is 10.6. The summed E-state index contributed by atoms with van der Waals surface area (Å²) in [6.07, 6.45) is 0.883. The number of carbonyl (C=O) groups excluding carboxylic acids is 1. The van der Waals surface area contributed by atoms with E-state index in [9.17, 15) is 4.79 Å². The fraction of sp³-hybridized carbons (Fsp3) is 0.556. The number of esters is 1. The molecule has 0 aliphatic heterocycles. The number of hydrogen-bond donors (Lipinski definition) is 1. The van der Waals surface area contributed by atoms with Gasteiger partial charge in [-0.1, -0.05) is 6.92 Å². The zero-order valence-electron chi connectivity index (χ0n) is 8.67. The molecule has 0 spiro atoms. The van der Waals surface area contributed by atoms with Crippen molar-refractivity contribution in [1.82, 2.24) is 10.2 Å². The van der Waals surface area contributed by atoms with E-state index in [1.54, 1.807) is 6.92 Å². The van der Waals surface area contributed by atoms with E-state index in [4.69, 9.17) is 9.47 Å². The first kappa shape index (κ1) is 12.0. The molecule has 0 aliphatic rings. The third-order valence-electron chi connectivity index (χ3n) is 1.60. The summed E-state index contributed by atoms with van der Waals surface area (Å²) in [5.41, 5.74) is 0.281. The average Bonchev–Trinajstić information content (AvgIpc) is 2.57. The highest BCUT2D eigenvalue weighted by Crippen LogP contribution is 2.26. The number of aromatic amines is 1. The molecule has 0 radical (unpaired) electrons. The fourth-order valence-electron chi connectivity index (χ4n) is 0.945. The third kappa shape index (κ3) is 2.95. The van der Waals surface area contributed by atoms with Crippen molar-refractivity contribution in [3.05, 3.63) is 10.2 Å². The Hall–Kier alpha value is -1.04. The van der Waals surface area contributed by atoms with Crippen LogP contribution >= 0.6 is 15.9 Å². The molecule has 1 aromatic rings. The zero-order chi connectivity index (χ0) is 11.3. The summed E-state index contributed by atoms with van der Waals surface area (Å²) in [6.45, 7) is 4.63. The molecule has 1 heterocycles. The predicted molar refractivity (Wildman–Crippen MR) is 58.0 cm³/mol. The van der Waals surface area contributed by atoms with E-state index < -0.39 is 5.97 Å². The van der Waals surface area contributed by atoms with Gasteiger partial charge in [0.05, 0.1) is 13.2 Å². The van der Waals surface area contributed by atoms with Crippen LogP contribution in [-0.2, 0) is 4.74 Å². The molecule has 5 nitrogen and oxygen atoms in total. The maximum atomic E-state index is 11.4. The van der Waals surface area contributed by atoms with Crippen molar-refractivity contribution >= 4 is 21.9 Å². The molecule has 0 saturated carbocycles. The lowest BCUT2D eigenvalue weighted by Gasteiger charge is -2.00. The Bertz CT molecular complexity index is 338. The molecule has 0 fully saturated rings. The average molecular weight is 277 g/mol. The highest BCUT2D eigenvalue weighted by Gasteiger charge is 2.18. The summed E-state index contributed by atoms with van der Waals surface area (Å²) >= 11 is 3.23. The molecule has 1 N–H and O–H groups in total. The molecular formula is C9H13BrN2O3. The van der Waals surface area contributed by atoms with Gasteiger partial charge in [-0.05, 0) is 29.3 Å². The van der Waals surface area contributed by atoms with E-state index in [0.29, 0.717) is 23.6 Å². The van der Waals surface area contributed by atoms with Crippen molar-refractivity contribution in [2.24, 2.45) is 0 Å². The number of aromatic nitrogens is 2. The minimum absolute atomic E-state index is 0.281. The van der Waals surface area contributed by atoms with Gasteiger partial charge in [0, 0.05) is 0 Å². The molecule has 15 heavy (non-hydrogen) atoms. The Morgan fingerprint density at radius 2 is 2.27 bits per heavy atom. The Balaban J connectivity index is 2.74. The first-order valence-electron chi connectivity index (χ1n) is 4.74. The maximum absolute atomic E-state index is 11.4. The Morgan fingerprint density at radius 3 is 2.87 bits per heavy atom. The van der Waals surface area contributed by atoms with E-state index in [2.05, 4.69) is 26.1 Å². The van der Waals surface area contributed by atoms with Gasteiger partial charge < -0.3 is 9.47 Å². The van der Waals surface area contributed by atoms with E-state index >= 15 is 0 Å². The van der Waals surface area contributed by atoms with Crippen LogP contribution in [0, 0.1) is 0 Å². The molecule has 0 unspecified atom stereocenters. The number of ether oxygens (including phenoxy) is 2. The first-order valence-corrected chi connectivity index (χ1v) is 5.53. The van der Waals surface area contributed by atoms with Gasteiger partial charge >= 0.3 is 5.97 Å². The lowest BCUT2D eigenvalue weighted by Crippen LogP contribution is -2.05. The molecule has 1 rings (SSSR count). The van der Waals surface area contributed by atoms with Gasteiger partial charge in [-0.25, -0.2) is 4.79 Å². The van der Waals surface area contributed by atoms with Crippen LogP contribution in [0.15, 0.2) is 4.47 Å². The van der Waals surface area contributed by atoms with Crippen molar-refractivity contribution in [3.63, 3.8) is 0 Å². The van der Waals surface area contributed by atoms with Crippen LogP contribution in [0.5, 0.6) is 5.88 Å². The van der Waals surface area contributed by atoms with Gasteiger partial charge in [0.2, 0.25) is 5.88 Å². The zero-order valence-corrected chi connectivity index (χ0v) is 10.3. The molecule has 0 aromatic carbocycles. The molecule has 0 amide bonds. The van der Waals surface area contributed by atoms with Gasteiger partial charge in [-0.15, -0.1) is 5.10 Å². The van der Waals surface area contributed by atoms with Crippen molar-refractivity contribution in [2.45, 2.75) is 20.3 Å².